The highest BCUT2D eigenvalue weighted by Gasteiger charge is 2.27. The van der Waals surface area contributed by atoms with E-state index < -0.39 is 15.4 Å². The van der Waals surface area contributed by atoms with Gasteiger partial charge in [0.2, 0.25) is 5.91 Å². The number of benzene rings is 2. The molecule has 2 rings (SSSR count). The minimum atomic E-state index is -3.31. The molecule has 1 atom stereocenters. The van der Waals surface area contributed by atoms with Gasteiger partial charge in [-0.15, -0.1) is 12.4 Å². The Kier molecular flexibility index (Phi) is 8.47. The molecule has 27 heavy (non-hydrogen) atoms. The van der Waals surface area contributed by atoms with E-state index >= 15 is 0 Å². The van der Waals surface area contributed by atoms with E-state index in [1.165, 1.54) is 0 Å². The fourth-order valence-corrected chi connectivity index (χ4v) is 4.27. The Bertz CT molecular complexity index is 853. The fourth-order valence-electron chi connectivity index (χ4n) is 2.78. The molecule has 2 aromatic carbocycles. The van der Waals surface area contributed by atoms with Gasteiger partial charge in [-0.1, -0.05) is 55.8 Å². The lowest BCUT2D eigenvalue weighted by Crippen LogP contribution is -2.48. The van der Waals surface area contributed by atoms with Crippen molar-refractivity contribution in [2.75, 3.05) is 5.32 Å². The smallest absolute Gasteiger partial charge is 0.244 e. The second-order valence-corrected chi connectivity index (χ2v) is 8.90. The van der Waals surface area contributed by atoms with E-state index in [1.54, 1.807) is 43.3 Å². The van der Waals surface area contributed by atoms with Gasteiger partial charge >= 0.3 is 0 Å². The van der Waals surface area contributed by atoms with Crippen LogP contribution in [0.2, 0.25) is 0 Å². The highest BCUT2D eigenvalue weighted by Crippen LogP contribution is 2.18. The van der Waals surface area contributed by atoms with Gasteiger partial charge in [0.15, 0.2) is 9.84 Å². The zero-order valence-corrected chi connectivity index (χ0v) is 17.3. The summed E-state index contributed by atoms with van der Waals surface area (Å²) in [5.74, 6) is -0.369. The molecule has 7 heteroatoms. The van der Waals surface area contributed by atoms with Crippen molar-refractivity contribution >= 4 is 33.8 Å². The molecule has 5 nitrogen and oxygen atoms in total. The molecule has 0 radical (unpaired) electrons. The van der Waals surface area contributed by atoms with Crippen molar-refractivity contribution in [3.05, 3.63) is 65.7 Å². The number of hydrogen-bond donors (Lipinski definition) is 2. The maximum absolute atomic E-state index is 12.4. The molecule has 3 N–H and O–H groups in total. The minimum absolute atomic E-state index is 0. The lowest BCUT2D eigenvalue weighted by atomic mass is 9.96. The molecule has 0 saturated carbocycles. The summed E-state index contributed by atoms with van der Waals surface area (Å²) >= 11 is 0. The van der Waals surface area contributed by atoms with E-state index in [1.807, 2.05) is 25.1 Å². The third-order valence-electron chi connectivity index (χ3n) is 4.09. The molecule has 0 aliphatic rings. The summed E-state index contributed by atoms with van der Waals surface area (Å²) in [4.78, 5) is 12.3. The molecule has 0 aliphatic heterocycles. The number of amides is 1. The largest absolute Gasteiger partial charge is 0.324 e. The monoisotopic (exact) mass is 410 g/mol. The van der Waals surface area contributed by atoms with Crippen LogP contribution in [0.15, 0.2) is 54.6 Å². The van der Waals surface area contributed by atoms with Crippen LogP contribution in [0.5, 0.6) is 0 Å². The van der Waals surface area contributed by atoms with E-state index in [0.717, 1.165) is 12.0 Å². The summed E-state index contributed by atoms with van der Waals surface area (Å²) < 4.78 is 24.9. The van der Waals surface area contributed by atoms with E-state index in [0.29, 0.717) is 17.7 Å². The molecule has 0 heterocycles. The van der Waals surface area contributed by atoms with Gasteiger partial charge in [0, 0.05) is 5.69 Å². The summed E-state index contributed by atoms with van der Waals surface area (Å²) in [6.45, 7) is 3.66. The Hall–Kier alpha value is -1.89. The molecule has 148 valence electrons. The van der Waals surface area contributed by atoms with E-state index in [4.69, 9.17) is 5.73 Å². The van der Waals surface area contributed by atoms with Crippen LogP contribution in [0.1, 0.15) is 37.8 Å². The van der Waals surface area contributed by atoms with Crippen LogP contribution in [0.4, 0.5) is 5.69 Å². The Morgan fingerprint density at radius 2 is 1.63 bits per heavy atom. The van der Waals surface area contributed by atoms with Crippen LogP contribution < -0.4 is 11.1 Å². The second-order valence-electron chi connectivity index (χ2n) is 6.84. The van der Waals surface area contributed by atoms with Crippen molar-refractivity contribution in [2.24, 2.45) is 5.73 Å². The van der Waals surface area contributed by atoms with Crippen molar-refractivity contribution in [1.82, 2.24) is 0 Å². The lowest BCUT2D eigenvalue weighted by Gasteiger charge is -2.23. The molecule has 2 aromatic rings. The highest BCUT2D eigenvalue weighted by molar-refractivity contribution is 7.89. The second kappa shape index (κ2) is 9.88. The number of nitrogens with one attached hydrogen (secondary N) is 1. The number of hydrogen-bond acceptors (Lipinski definition) is 4. The van der Waals surface area contributed by atoms with Gasteiger partial charge in [0.25, 0.3) is 0 Å². The predicted molar refractivity (Wildman–Crippen MR) is 113 cm³/mol. The highest BCUT2D eigenvalue weighted by atomic mass is 35.5. The van der Waals surface area contributed by atoms with Crippen molar-refractivity contribution in [3.63, 3.8) is 0 Å². The third kappa shape index (κ3) is 7.33. The van der Waals surface area contributed by atoms with Gasteiger partial charge in [-0.05, 0) is 36.6 Å². The summed E-state index contributed by atoms with van der Waals surface area (Å²) in [7, 11) is -3.31. The average Bonchev–Trinajstić information content (AvgIpc) is 2.55. The lowest BCUT2D eigenvalue weighted by molar-refractivity contribution is -0.120. The number of carbonyl (C=O) groups is 1. The average molecular weight is 411 g/mol. The van der Waals surface area contributed by atoms with Crippen molar-refractivity contribution in [1.29, 1.82) is 0 Å². The van der Waals surface area contributed by atoms with E-state index in [-0.39, 0.29) is 29.8 Å². The molecule has 0 fully saturated rings. The zero-order chi connectivity index (χ0) is 19.2. The van der Waals surface area contributed by atoms with Gasteiger partial charge < -0.3 is 11.1 Å². The van der Waals surface area contributed by atoms with Crippen LogP contribution in [0, 0.1) is 0 Å². The molecule has 0 bridgehead atoms. The quantitative estimate of drug-likeness (QED) is 0.694. The Morgan fingerprint density at radius 1 is 1.04 bits per heavy atom. The number of halogens is 1. The molecular weight excluding hydrogens is 384 g/mol. The van der Waals surface area contributed by atoms with Crippen LogP contribution in [-0.2, 0) is 26.1 Å². The number of sulfone groups is 1. The third-order valence-corrected chi connectivity index (χ3v) is 5.64. The van der Waals surface area contributed by atoms with Crippen LogP contribution >= 0.6 is 12.4 Å². The van der Waals surface area contributed by atoms with Crippen molar-refractivity contribution in [2.45, 2.75) is 43.7 Å². The van der Waals surface area contributed by atoms with Gasteiger partial charge in [-0.25, -0.2) is 8.42 Å². The normalized spacial score (nSPS) is 13.3. The van der Waals surface area contributed by atoms with Gasteiger partial charge in [0.05, 0.1) is 17.0 Å². The van der Waals surface area contributed by atoms with E-state index in [2.05, 4.69) is 5.32 Å². The first kappa shape index (κ1) is 23.1. The Morgan fingerprint density at radius 3 is 2.26 bits per heavy atom. The van der Waals surface area contributed by atoms with Gasteiger partial charge in [-0.2, -0.15) is 0 Å². The fraction of sp³-hybridized carbons (Fsp3) is 0.350. The summed E-state index contributed by atoms with van der Waals surface area (Å²) in [5, 5.41) is 2.78. The van der Waals surface area contributed by atoms with Crippen LogP contribution in [-0.4, -0.2) is 19.9 Å². The van der Waals surface area contributed by atoms with Crippen LogP contribution in [0.25, 0.3) is 0 Å². The summed E-state index contributed by atoms with van der Waals surface area (Å²) in [6, 6.07) is 16.0. The first-order valence-electron chi connectivity index (χ1n) is 8.65. The maximum Gasteiger partial charge on any atom is 0.244 e. The Labute approximate surface area is 167 Å². The molecular formula is C20H27ClN2O3S. The van der Waals surface area contributed by atoms with Crippen LogP contribution in [0.3, 0.4) is 0 Å². The topological polar surface area (TPSA) is 89.3 Å². The van der Waals surface area contributed by atoms with Gasteiger partial charge in [-0.3, -0.25) is 4.79 Å². The van der Waals surface area contributed by atoms with Crippen molar-refractivity contribution < 1.29 is 13.2 Å². The maximum atomic E-state index is 12.4. The SMILES string of the molecule is CCCC(C)(N)C(=O)Nc1cccc(CS(=O)(=O)Cc2ccccc2)c1.Cl. The molecule has 1 unspecified atom stereocenters. The number of carbonyl (C=O) groups excluding carboxylic acids is 1. The van der Waals surface area contributed by atoms with Gasteiger partial charge in [0.1, 0.15) is 0 Å². The molecule has 1 amide bonds. The van der Waals surface area contributed by atoms with E-state index in [9.17, 15) is 13.2 Å². The first-order valence-corrected chi connectivity index (χ1v) is 10.5. The summed E-state index contributed by atoms with van der Waals surface area (Å²) in [6.07, 6.45) is 1.38. The minimum Gasteiger partial charge on any atom is -0.324 e. The first-order chi connectivity index (χ1) is 12.2. The summed E-state index contributed by atoms with van der Waals surface area (Å²) in [5.41, 5.74) is 7.03. The number of anilines is 1. The predicted octanol–water partition coefficient (Wildman–Crippen LogP) is 3.68. The zero-order valence-electron chi connectivity index (χ0n) is 15.6. The number of rotatable bonds is 8. The van der Waals surface area contributed by atoms with Crippen molar-refractivity contribution in [3.8, 4) is 0 Å². The molecule has 0 aliphatic carbocycles. The Balaban J connectivity index is 0.00000364. The molecule has 0 aromatic heterocycles. The number of nitrogens with two attached hydrogens (primary N) is 1. The molecule has 0 saturated heterocycles. The molecule has 0 spiro atoms. The standard InChI is InChI=1S/C20H26N2O3S.ClH/c1-3-12-20(2,21)19(23)22-18-11-7-10-17(13-18)15-26(24,25)14-16-8-5-4-6-9-16;/h4-11,13H,3,12,14-15,21H2,1-2H3,(H,22,23);1H.